The number of aliphatic hydroxyl groups is 1. The molecule has 2 aliphatic rings. The molecule has 0 saturated carbocycles. The van der Waals surface area contributed by atoms with Crippen LogP contribution in [0, 0.1) is 0 Å². The fraction of sp³-hybridized carbons (Fsp3) is 0.588. The zero-order valence-corrected chi connectivity index (χ0v) is 14.1. The van der Waals surface area contributed by atoms with Gasteiger partial charge in [0.1, 0.15) is 0 Å². The molecule has 2 amide bonds. The van der Waals surface area contributed by atoms with Crippen LogP contribution in [-0.2, 0) is 5.60 Å². The molecular weight excluding hydrogens is 314 g/mol. The first-order chi connectivity index (χ1) is 11.1. The molecule has 2 saturated heterocycles. The predicted molar refractivity (Wildman–Crippen MR) is 89.4 cm³/mol. The molecule has 6 heteroatoms. The van der Waals surface area contributed by atoms with Crippen LogP contribution in [0.15, 0.2) is 24.3 Å². The molecule has 5 nitrogen and oxygen atoms in total. The van der Waals surface area contributed by atoms with E-state index in [2.05, 4.69) is 10.6 Å². The summed E-state index contributed by atoms with van der Waals surface area (Å²) in [6, 6.07) is 7.65. The number of nitrogens with zero attached hydrogens (tertiary/aromatic N) is 1. The largest absolute Gasteiger partial charge is 0.385 e. The van der Waals surface area contributed by atoms with Gasteiger partial charge in [0.2, 0.25) is 0 Å². The van der Waals surface area contributed by atoms with E-state index in [0.717, 1.165) is 31.5 Å². The van der Waals surface area contributed by atoms with Crippen LogP contribution >= 0.6 is 11.6 Å². The lowest BCUT2D eigenvalue weighted by molar-refractivity contribution is -0.663. The van der Waals surface area contributed by atoms with E-state index in [1.165, 1.54) is 0 Å². The highest BCUT2D eigenvalue weighted by atomic mass is 35.5. The number of nitrogens with one attached hydrogen (secondary N) is 1. The molecule has 0 spiro atoms. The lowest BCUT2D eigenvalue weighted by atomic mass is 9.84. The van der Waals surface area contributed by atoms with Crippen molar-refractivity contribution in [1.29, 1.82) is 0 Å². The van der Waals surface area contributed by atoms with Crippen LogP contribution in [0.1, 0.15) is 31.2 Å². The summed E-state index contributed by atoms with van der Waals surface area (Å²) in [5.41, 5.74) is 0.0195. The highest BCUT2D eigenvalue weighted by molar-refractivity contribution is 6.30. The molecule has 2 heterocycles. The first-order valence-corrected chi connectivity index (χ1v) is 8.80. The molecule has 3 rings (SSSR count). The fourth-order valence-corrected chi connectivity index (χ4v) is 3.59. The van der Waals surface area contributed by atoms with E-state index in [1.54, 1.807) is 12.1 Å². The molecule has 0 bridgehead atoms. The number of carbonyl (C=O) groups excluding carboxylic acids is 1. The van der Waals surface area contributed by atoms with Crippen molar-refractivity contribution in [3.05, 3.63) is 34.9 Å². The molecule has 1 aromatic carbocycles. The standard InChI is InChI=1S/C17H24ClN3O2/c18-14-3-1-13(2-4-14)17(23)7-11-21(12-8-17)16(22)20-15-5-9-19-10-6-15/h1-4,15,19,23H,5-12H2,(H,20,22)/p+1. The zero-order valence-electron chi connectivity index (χ0n) is 13.3. The van der Waals surface area contributed by atoms with Crippen molar-refractivity contribution in [2.24, 2.45) is 0 Å². The van der Waals surface area contributed by atoms with Gasteiger partial charge < -0.3 is 20.6 Å². The Bertz CT molecular complexity index is 535. The van der Waals surface area contributed by atoms with E-state index >= 15 is 0 Å². The molecule has 126 valence electrons. The number of carbonyl (C=O) groups is 1. The Morgan fingerprint density at radius 1 is 1.22 bits per heavy atom. The SMILES string of the molecule is O=C(NC1CC[NH2+]CC1)N1CCC(O)(c2ccc(Cl)cc2)CC1. The lowest BCUT2D eigenvalue weighted by Crippen LogP contribution is -2.87. The molecule has 0 aliphatic carbocycles. The number of hydrogen-bond donors (Lipinski definition) is 3. The minimum absolute atomic E-state index is 0.00931. The molecule has 2 fully saturated rings. The quantitative estimate of drug-likeness (QED) is 0.754. The van der Waals surface area contributed by atoms with Gasteiger partial charge in [0.05, 0.1) is 18.7 Å². The smallest absolute Gasteiger partial charge is 0.317 e. The molecule has 0 aromatic heterocycles. The average molecular weight is 339 g/mol. The molecule has 0 radical (unpaired) electrons. The lowest BCUT2D eigenvalue weighted by Gasteiger charge is -2.39. The summed E-state index contributed by atoms with van der Waals surface area (Å²) in [5.74, 6) is 0. The van der Waals surface area contributed by atoms with Crippen LogP contribution in [0.5, 0.6) is 0 Å². The topological polar surface area (TPSA) is 69.2 Å². The van der Waals surface area contributed by atoms with Crippen LogP contribution in [-0.4, -0.2) is 48.3 Å². The van der Waals surface area contributed by atoms with Crippen molar-refractivity contribution in [3.8, 4) is 0 Å². The van der Waals surface area contributed by atoms with Gasteiger partial charge in [-0.25, -0.2) is 4.79 Å². The van der Waals surface area contributed by atoms with E-state index in [1.807, 2.05) is 17.0 Å². The van der Waals surface area contributed by atoms with Gasteiger partial charge in [-0.1, -0.05) is 23.7 Å². The van der Waals surface area contributed by atoms with Crippen LogP contribution < -0.4 is 10.6 Å². The average Bonchev–Trinajstić information content (AvgIpc) is 2.57. The second-order valence-corrected chi connectivity index (χ2v) is 7.05. The third-order valence-corrected chi connectivity index (χ3v) is 5.28. The van der Waals surface area contributed by atoms with Crippen molar-refractivity contribution in [2.45, 2.75) is 37.3 Å². The highest BCUT2D eigenvalue weighted by Crippen LogP contribution is 2.33. The highest BCUT2D eigenvalue weighted by Gasteiger charge is 2.35. The minimum atomic E-state index is -0.860. The van der Waals surface area contributed by atoms with Crippen LogP contribution in [0.4, 0.5) is 4.79 Å². The third kappa shape index (κ3) is 3.97. The van der Waals surface area contributed by atoms with Gasteiger partial charge in [-0.05, 0) is 30.5 Å². The molecular formula is C17H25ClN3O2+. The Balaban J connectivity index is 1.54. The first-order valence-electron chi connectivity index (χ1n) is 8.42. The Morgan fingerprint density at radius 3 is 2.43 bits per heavy atom. The van der Waals surface area contributed by atoms with E-state index in [9.17, 15) is 9.90 Å². The fourth-order valence-electron chi connectivity index (χ4n) is 3.47. The number of urea groups is 1. The molecule has 23 heavy (non-hydrogen) atoms. The number of benzene rings is 1. The van der Waals surface area contributed by atoms with E-state index in [4.69, 9.17) is 11.6 Å². The Labute approximate surface area is 142 Å². The first kappa shape index (κ1) is 16.6. The molecule has 2 aliphatic heterocycles. The van der Waals surface area contributed by atoms with E-state index in [0.29, 0.717) is 37.0 Å². The number of piperidine rings is 2. The summed E-state index contributed by atoms with van der Waals surface area (Å²) in [6.45, 7) is 3.32. The van der Waals surface area contributed by atoms with Crippen molar-refractivity contribution in [2.75, 3.05) is 26.2 Å². The molecule has 4 N–H and O–H groups in total. The molecule has 0 unspecified atom stereocenters. The summed E-state index contributed by atoms with van der Waals surface area (Å²) < 4.78 is 0. The summed E-state index contributed by atoms with van der Waals surface area (Å²) in [6.07, 6.45) is 3.18. The van der Waals surface area contributed by atoms with Crippen LogP contribution in [0.25, 0.3) is 0 Å². The Kier molecular flexibility index (Phi) is 5.09. The number of rotatable bonds is 2. The number of halogens is 1. The van der Waals surface area contributed by atoms with E-state index < -0.39 is 5.60 Å². The maximum Gasteiger partial charge on any atom is 0.317 e. The van der Waals surface area contributed by atoms with Gasteiger partial charge >= 0.3 is 6.03 Å². The predicted octanol–water partition coefficient (Wildman–Crippen LogP) is 1.06. The second kappa shape index (κ2) is 7.07. The van der Waals surface area contributed by atoms with Gasteiger partial charge in [0, 0.05) is 37.0 Å². The Hall–Kier alpha value is -1.30. The number of amides is 2. The molecule has 1 aromatic rings. The third-order valence-electron chi connectivity index (χ3n) is 5.03. The van der Waals surface area contributed by atoms with E-state index in [-0.39, 0.29) is 6.03 Å². The summed E-state index contributed by atoms with van der Waals surface area (Å²) in [4.78, 5) is 14.2. The number of hydrogen-bond acceptors (Lipinski definition) is 2. The van der Waals surface area contributed by atoms with Gasteiger partial charge in [-0.2, -0.15) is 0 Å². The van der Waals surface area contributed by atoms with Crippen LogP contribution in [0.2, 0.25) is 5.02 Å². The summed E-state index contributed by atoms with van der Waals surface area (Å²) in [7, 11) is 0. The summed E-state index contributed by atoms with van der Waals surface area (Å²) >= 11 is 5.91. The number of likely N-dealkylation sites (tertiary alicyclic amines) is 1. The normalized spacial score (nSPS) is 21.9. The second-order valence-electron chi connectivity index (χ2n) is 6.62. The van der Waals surface area contributed by atoms with Crippen LogP contribution in [0.3, 0.4) is 0 Å². The van der Waals surface area contributed by atoms with Gasteiger partial charge in [0.15, 0.2) is 0 Å². The van der Waals surface area contributed by atoms with Gasteiger partial charge in [-0.3, -0.25) is 0 Å². The number of quaternary nitrogens is 1. The maximum atomic E-state index is 12.4. The van der Waals surface area contributed by atoms with Gasteiger partial charge in [-0.15, -0.1) is 0 Å². The van der Waals surface area contributed by atoms with Crippen molar-refractivity contribution < 1.29 is 15.2 Å². The Morgan fingerprint density at radius 2 is 1.83 bits per heavy atom. The van der Waals surface area contributed by atoms with Gasteiger partial charge in [0.25, 0.3) is 0 Å². The van der Waals surface area contributed by atoms with Crippen molar-refractivity contribution in [1.82, 2.24) is 10.2 Å². The zero-order chi connectivity index (χ0) is 16.3. The van der Waals surface area contributed by atoms with Crippen molar-refractivity contribution in [3.63, 3.8) is 0 Å². The summed E-state index contributed by atoms with van der Waals surface area (Å²) in [5, 5.41) is 16.9. The number of nitrogens with two attached hydrogens (primary N) is 1. The molecule has 0 atom stereocenters. The van der Waals surface area contributed by atoms with Crippen molar-refractivity contribution >= 4 is 17.6 Å². The monoisotopic (exact) mass is 338 g/mol. The maximum absolute atomic E-state index is 12.4. The minimum Gasteiger partial charge on any atom is -0.385 e.